The van der Waals surface area contributed by atoms with Gasteiger partial charge in [0, 0.05) is 43.7 Å². The maximum Gasteiger partial charge on any atom is 0.205 e. The molecule has 4 heterocycles. The first-order valence-electron chi connectivity index (χ1n) is 7.38. The average Bonchev–Trinajstić information content (AvgIpc) is 2.94. The van der Waals surface area contributed by atoms with Crippen molar-refractivity contribution < 1.29 is 9.53 Å². The molecule has 2 aliphatic heterocycles. The van der Waals surface area contributed by atoms with Gasteiger partial charge in [0.15, 0.2) is 5.78 Å². The number of ether oxygens (including phenoxy) is 1. The van der Waals surface area contributed by atoms with E-state index in [9.17, 15) is 4.79 Å². The van der Waals surface area contributed by atoms with Crippen molar-refractivity contribution in [1.82, 2.24) is 14.3 Å². The number of aromatic nitrogens is 3. The van der Waals surface area contributed by atoms with Crippen LogP contribution in [0.5, 0.6) is 5.75 Å². The normalized spacial score (nSPS) is 19.9. The quantitative estimate of drug-likeness (QED) is 0.804. The number of carbonyl (C=O) groups is 1. The first-order valence-corrected chi connectivity index (χ1v) is 8.15. The van der Waals surface area contributed by atoms with Gasteiger partial charge in [-0.3, -0.25) is 4.79 Å². The van der Waals surface area contributed by atoms with Gasteiger partial charge >= 0.3 is 0 Å². The number of piperidine rings is 1. The minimum absolute atomic E-state index is 0.0852. The second-order valence-electron chi connectivity index (χ2n) is 5.85. The fraction of sp³-hybridized carbons (Fsp3) is 0.467. The van der Waals surface area contributed by atoms with Crippen molar-refractivity contribution in [2.75, 3.05) is 18.0 Å². The Hall–Kier alpha value is -2.02. The molecule has 0 unspecified atom stereocenters. The molecular formula is C15H16N4O2S. The lowest BCUT2D eigenvalue weighted by atomic mass is 9.83. The summed E-state index contributed by atoms with van der Waals surface area (Å²) < 4.78 is 10.4. The first kappa shape index (κ1) is 13.6. The zero-order valence-electron chi connectivity index (χ0n) is 12.3. The highest BCUT2D eigenvalue weighted by Gasteiger charge is 2.43. The molecule has 1 spiro atoms. The Labute approximate surface area is 132 Å². The van der Waals surface area contributed by atoms with Crippen LogP contribution in [-0.4, -0.2) is 38.8 Å². The lowest BCUT2D eigenvalue weighted by molar-refractivity contribution is 0.0222. The number of nitrogens with zero attached hydrogens (tertiary/aromatic N) is 4. The molecule has 0 amide bonds. The Kier molecular flexibility index (Phi) is 3.11. The summed E-state index contributed by atoms with van der Waals surface area (Å²) in [6, 6.07) is 3.64. The predicted molar refractivity (Wildman–Crippen MR) is 82.6 cm³/mol. The Bertz CT molecular complexity index is 722. The van der Waals surface area contributed by atoms with Gasteiger partial charge in [0.1, 0.15) is 22.9 Å². The molecule has 4 rings (SSSR count). The van der Waals surface area contributed by atoms with Gasteiger partial charge in [0.25, 0.3) is 0 Å². The summed E-state index contributed by atoms with van der Waals surface area (Å²) >= 11 is 1.43. The van der Waals surface area contributed by atoms with Crippen LogP contribution in [0.25, 0.3) is 0 Å². The molecule has 2 aromatic rings. The average molecular weight is 316 g/mol. The van der Waals surface area contributed by atoms with Crippen LogP contribution in [0.3, 0.4) is 0 Å². The number of hydrogen-bond acceptors (Lipinski definition) is 7. The number of ketones is 1. The van der Waals surface area contributed by atoms with E-state index in [2.05, 4.69) is 19.2 Å². The van der Waals surface area contributed by atoms with Crippen LogP contribution in [0, 0.1) is 6.92 Å². The van der Waals surface area contributed by atoms with Crippen LogP contribution in [0.15, 0.2) is 18.3 Å². The molecule has 1 saturated heterocycles. The van der Waals surface area contributed by atoms with Crippen LogP contribution in [-0.2, 0) is 0 Å². The van der Waals surface area contributed by atoms with Crippen molar-refractivity contribution >= 4 is 22.4 Å². The smallest absolute Gasteiger partial charge is 0.205 e. The monoisotopic (exact) mass is 316 g/mol. The van der Waals surface area contributed by atoms with Gasteiger partial charge in [-0.2, -0.15) is 4.37 Å². The van der Waals surface area contributed by atoms with E-state index >= 15 is 0 Å². The molecule has 0 N–H and O–H groups in total. The van der Waals surface area contributed by atoms with Gasteiger partial charge in [0.05, 0.1) is 6.42 Å². The van der Waals surface area contributed by atoms with Crippen molar-refractivity contribution in [3.8, 4) is 5.75 Å². The molecule has 22 heavy (non-hydrogen) atoms. The topological polar surface area (TPSA) is 68.2 Å². The summed E-state index contributed by atoms with van der Waals surface area (Å²) in [6.07, 6.45) is 3.68. The molecule has 0 aromatic carbocycles. The number of hydrogen-bond donors (Lipinski definition) is 0. The van der Waals surface area contributed by atoms with Crippen LogP contribution in [0.2, 0.25) is 0 Å². The van der Waals surface area contributed by atoms with Gasteiger partial charge in [-0.1, -0.05) is 0 Å². The summed E-state index contributed by atoms with van der Waals surface area (Å²) in [5, 5.41) is 0.955. The second-order valence-corrected chi connectivity index (χ2v) is 6.58. The highest BCUT2D eigenvalue weighted by atomic mass is 32.1. The van der Waals surface area contributed by atoms with E-state index in [1.54, 1.807) is 6.20 Å². The second kappa shape index (κ2) is 5.01. The Morgan fingerprint density at radius 3 is 2.91 bits per heavy atom. The van der Waals surface area contributed by atoms with Crippen molar-refractivity contribution in [1.29, 1.82) is 0 Å². The van der Waals surface area contributed by atoms with Crippen LogP contribution in [0.1, 0.15) is 35.6 Å². The zero-order valence-corrected chi connectivity index (χ0v) is 13.1. The molecule has 2 aromatic heterocycles. The fourth-order valence-electron chi connectivity index (χ4n) is 3.13. The molecule has 0 radical (unpaired) electrons. The van der Waals surface area contributed by atoms with E-state index in [4.69, 9.17) is 4.74 Å². The minimum Gasteiger partial charge on any atom is -0.484 e. The van der Waals surface area contributed by atoms with E-state index in [1.165, 1.54) is 11.5 Å². The molecule has 0 aliphatic carbocycles. The van der Waals surface area contributed by atoms with Gasteiger partial charge < -0.3 is 9.64 Å². The number of rotatable bonds is 1. The molecule has 0 atom stereocenters. The van der Waals surface area contributed by atoms with Gasteiger partial charge in [-0.15, -0.1) is 0 Å². The van der Waals surface area contributed by atoms with Gasteiger partial charge in [0.2, 0.25) is 5.13 Å². The van der Waals surface area contributed by atoms with Crippen molar-refractivity contribution in [3.63, 3.8) is 0 Å². The van der Waals surface area contributed by atoms with E-state index in [-0.39, 0.29) is 11.4 Å². The molecule has 7 heteroatoms. The number of Topliss-reactive ketones (excluding diaryl/α,β-unsaturated/α-hetero) is 1. The van der Waals surface area contributed by atoms with Crippen molar-refractivity contribution in [2.45, 2.75) is 31.8 Å². The highest BCUT2D eigenvalue weighted by molar-refractivity contribution is 7.09. The largest absolute Gasteiger partial charge is 0.484 e. The molecule has 0 bridgehead atoms. The van der Waals surface area contributed by atoms with E-state index in [0.717, 1.165) is 36.9 Å². The van der Waals surface area contributed by atoms with E-state index in [1.807, 2.05) is 19.1 Å². The minimum atomic E-state index is -0.386. The van der Waals surface area contributed by atoms with E-state index < -0.39 is 0 Å². The third-order valence-electron chi connectivity index (χ3n) is 4.31. The maximum atomic E-state index is 12.3. The molecular weight excluding hydrogens is 300 g/mol. The summed E-state index contributed by atoms with van der Waals surface area (Å²) in [5.74, 6) is 1.52. The Morgan fingerprint density at radius 2 is 2.18 bits per heavy atom. The fourth-order valence-corrected chi connectivity index (χ4v) is 3.85. The van der Waals surface area contributed by atoms with Crippen molar-refractivity contribution in [2.24, 2.45) is 0 Å². The number of anilines is 1. The number of aryl methyl sites for hydroxylation is 1. The lowest BCUT2D eigenvalue weighted by Gasteiger charge is -2.43. The van der Waals surface area contributed by atoms with Crippen LogP contribution < -0.4 is 9.64 Å². The Balaban J connectivity index is 1.53. The molecule has 6 nitrogen and oxygen atoms in total. The number of pyridine rings is 1. The van der Waals surface area contributed by atoms with Crippen molar-refractivity contribution in [3.05, 3.63) is 29.8 Å². The predicted octanol–water partition coefficient (Wildman–Crippen LogP) is 2.25. The molecule has 2 aliphatic rings. The lowest BCUT2D eigenvalue weighted by Crippen LogP contribution is -2.51. The SMILES string of the molecule is Cc1nsc(N2CCC3(CC2)CC(=O)c2ncccc2O3)n1. The number of carbonyl (C=O) groups excluding carboxylic acids is 1. The van der Waals surface area contributed by atoms with Gasteiger partial charge in [-0.25, -0.2) is 9.97 Å². The summed E-state index contributed by atoms with van der Waals surface area (Å²) in [6.45, 7) is 3.56. The third kappa shape index (κ3) is 2.25. The summed E-state index contributed by atoms with van der Waals surface area (Å²) in [4.78, 5) is 23.1. The maximum absolute atomic E-state index is 12.3. The molecule has 0 saturated carbocycles. The summed E-state index contributed by atoms with van der Waals surface area (Å²) in [7, 11) is 0. The van der Waals surface area contributed by atoms with Gasteiger partial charge in [-0.05, 0) is 19.1 Å². The highest BCUT2D eigenvalue weighted by Crippen LogP contribution is 2.39. The third-order valence-corrected chi connectivity index (χ3v) is 5.17. The number of fused-ring (bicyclic) bond motifs is 1. The summed E-state index contributed by atoms with van der Waals surface area (Å²) in [5.41, 5.74) is 0.0823. The first-order chi connectivity index (χ1) is 10.7. The zero-order chi connectivity index (χ0) is 15.2. The standard InChI is InChI=1S/C15H16N4O2S/c1-10-17-14(22-18-10)19-7-4-15(5-8-19)9-11(20)13-12(21-15)3-2-6-16-13/h2-3,6H,4-5,7-9H2,1H3. The Morgan fingerprint density at radius 1 is 1.36 bits per heavy atom. The van der Waals surface area contributed by atoms with Crippen LogP contribution in [0.4, 0.5) is 5.13 Å². The van der Waals surface area contributed by atoms with Crippen LogP contribution >= 0.6 is 11.5 Å². The molecule has 114 valence electrons. The molecule has 1 fully saturated rings. The van der Waals surface area contributed by atoms with E-state index in [0.29, 0.717) is 17.9 Å².